The summed E-state index contributed by atoms with van der Waals surface area (Å²) in [5.74, 6) is -0.0382. The second-order valence-corrected chi connectivity index (χ2v) is 8.21. The molecule has 0 unspecified atom stereocenters. The molecule has 3 nitrogen and oxygen atoms in total. The van der Waals surface area contributed by atoms with Crippen LogP contribution in [0.1, 0.15) is 13.8 Å². The zero-order valence-corrected chi connectivity index (χ0v) is 11.7. The maximum atomic E-state index is 11.9. The highest BCUT2D eigenvalue weighted by Crippen LogP contribution is 2.28. The van der Waals surface area contributed by atoms with Gasteiger partial charge < -0.3 is 5.11 Å². The SMILES string of the molecule is CC(C)(CO)CS(=O)(=O)c1cc(Br)cs1. The second-order valence-electron chi connectivity index (χ2n) is 4.17. The molecule has 1 aromatic heterocycles. The van der Waals surface area contributed by atoms with Crippen LogP contribution in [0.4, 0.5) is 0 Å². The van der Waals surface area contributed by atoms with Gasteiger partial charge in [0.05, 0.1) is 5.75 Å². The maximum absolute atomic E-state index is 11.9. The van der Waals surface area contributed by atoms with E-state index in [1.54, 1.807) is 25.3 Å². The molecule has 1 N–H and O–H groups in total. The minimum Gasteiger partial charge on any atom is -0.396 e. The average Bonchev–Trinajstić information content (AvgIpc) is 2.51. The van der Waals surface area contributed by atoms with Crippen molar-refractivity contribution in [1.82, 2.24) is 0 Å². The standard InChI is InChI=1S/C9H13BrO3S2/c1-9(2,5-11)6-15(12,13)8-3-7(10)4-14-8/h3-4,11H,5-6H2,1-2H3. The summed E-state index contributed by atoms with van der Waals surface area (Å²) >= 11 is 4.41. The van der Waals surface area contributed by atoms with Crippen LogP contribution in [0, 0.1) is 5.41 Å². The molecule has 86 valence electrons. The van der Waals surface area contributed by atoms with Crippen molar-refractivity contribution in [2.24, 2.45) is 5.41 Å². The van der Waals surface area contributed by atoms with Crippen molar-refractivity contribution in [3.8, 4) is 0 Å². The molecule has 0 bridgehead atoms. The third-order valence-electron chi connectivity index (χ3n) is 1.86. The number of sulfone groups is 1. The first kappa shape index (κ1) is 13.2. The Kier molecular flexibility index (Phi) is 3.97. The molecule has 1 aromatic rings. The van der Waals surface area contributed by atoms with Crippen molar-refractivity contribution in [2.45, 2.75) is 18.1 Å². The molecule has 1 heterocycles. The van der Waals surface area contributed by atoms with Crippen LogP contribution in [0.2, 0.25) is 0 Å². The molecule has 0 aliphatic heterocycles. The van der Waals surface area contributed by atoms with Crippen LogP contribution in [-0.2, 0) is 9.84 Å². The lowest BCUT2D eigenvalue weighted by Crippen LogP contribution is -2.27. The third-order valence-corrected chi connectivity index (χ3v) is 6.28. The minimum atomic E-state index is -3.28. The fourth-order valence-electron chi connectivity index (χ4n) is 1.09. The lowest BCUT2D eigenvalue weighted by atomic mass is 9.98. The van der Waals surface area contributed by atoms with Crippen molar-refractivity contribution < 1.29 is 13.5 Å². The lowest BCUT2D eigenvalue weighted by Gasteiger charge is -2.20. The predicted molar refractivity (Wildman–Crippen MR) is 64.9 cm³/mol. The summed E-state index contributed by atoms with van der Waals surface area (Å²) in [5.41, 5.74) is -0.602. The van der Waals surface area contributed by atoms with E-state index in [-0.39, 0.29) is 12.4 Å². The van der Waals surface area contributed by atoms with Crippen molar-refractivity contribution >= 4 is 37.1 Å². The molecule has 0 aliphatic carbocycles. The van der Waals surface area contributed by atoms with Crippen molar-refractivity contribution in [2.75, 3.05) is 12.4 Å². The first-order valence-corrected chi connectivity index (χ1v) is 7.67. The topological polar surface area (TPSA) is 54.4 Å². The Labute approximate surface area is 102 Å². The van der Waals surface area contributed by atoms with E-state index in [9.17, 15) is 8.42 Å². The Morgan fingerprint density at radius 1 is 1.53 bits per heavy atom. The van der Waals surface area contributed by atoms with Gasteiger partial charge in [0, 0.05) is 21.9 Å². The van der Waals surface area contributed by atoms with Gasteiger partial charge in [0.15, 0.2) is 9.84 Å². The quantitative estimate of drug-likeness (QED) is 0.928. The number of aliphatic hydroxyl groups excluding tert-OH is 1. The Morgan fingerprint density at radius 2 is 2.13 bits per heavy atom. The molecule has 15 heavy (non-hydrogen) atoms. The second kappa shape index (κ2) is 4.53. The van der Waals surface area contributed by atoms with E-state index in [0.717, 1.165) is 4.47 Å². The maximum Gasteiger partial charge on any atom is 0.188 e. The number of hydrogen-bond donors (Lipinski definition) is 1. The van der Waals surface area contributed by atoms with Crippen molar-refractivity contribution in [1.29, 1.82) is 0 Å². The Bertz CT molecular complexity index is 434. The molecule has 0 atom stereocenters. The van der Waals surface area contributed by atoms with E-state index in [1.807, 2.05) is 0 Å². The van der Waals surface area contributed by atoms with E-state index < -0.39 is 15.3 Å². The van der Waals surface area contributed by atoms with E-state index in [4.69, 9.17) is 5.11 Å². The van der Waals surface area contributed by atoms with Gasteiger partial charge in [0.1, 0.15) is 4.21 Å². The molecule has 0 saturated heterocycles. The molecular formula is C9H13BrO3S2. The van der Waals surface area contributed by atoms with E-state index in [0.29, 0.717) is 4.21 Å². The summed E-state index contributed by atoms with van der Waals surface area (Å²) in [4.78, 5) is 0. The van der Waals surface area contributed by atoms with Gasteiger partial charge in [-0.05, 0) is 22.0 Å². The number of rotatable bonds is 4. The predicted octanol–water partition coefficient (Wildman–Crippen LogP) is 2.30. The van der Waals surface area contributed by atoms with Crippen molar-refractivity contribution in [3.63, 3.8) is 0 Å². The molecule has 0 spiro atoms. The lowest BCUT2D eigenvalue weighted by molar-refractivity contribution is 0.179. The molecule has 0 aliphatic rings. The van der Waals surface area contributed by atoms with Crippen molar-refractivity contribution in [3.05, 3.63) is 15.9 Å². The molecule has 0 aromatic carbocycles. The highest BCUT2D eigenvalue weighted by Gasteiger charge is 2.27. The van der Waals surface area contributed by atoms with Crippen LogP contribution >= 0.6 is 27.3 Å². The number of halogens is 1. The van der Waals surface area contributed by atoms with Gasteiger partial charge in [0.2, 0.25) is 0 Å². The zero-order valence-electron chi connectivity index (χ0n) is 8.53. The third kappa shape index (κ3) is 3.55. The average molecular weight is 313 g/mol. The van der Waals surface area contributed by atoms with Gasteiger partial charge in [0.25, 0.3) is 0 Å². The normalized spacial score (nSPS) is 13.1. The summed E-state index contributed by atoms with van der Waals surface area (Å²) in [5, 5.41) is 10.8. The molecule has 0 radical (unpaired) electrons. The minimum absolute atomic E-state index is 0.0382. The Morgan fingerprint density at radius 3 is 2.53 bits per heavy atom. The largest absolute Gasteiger partial charge is 0.396 e. The highest BCUT2D eigenvalue weighted by molar-refractivity contribution is 9.10. The van der Waals surface area contributed by atoms with Gasteiger partial charge in [-0.3, -0.25) is 0 Å². The van der Waals surface area contributed by atoms with Crippen LogP contribution in [0.15, 0.2) is 20.1 Å². The van der Waals surface area contributed by atoms with Crippen LogP contribution < -0.4 is 0 Å². The fraction of sp³-hybridized carbons (Fsp3) is 0.556. The molecule has 1 rings (SSSR count). The van der Waals surface area contributed by atoms with Crippen LogP contribution in [0.25, 0.3) is 0 Å². The number of thiophene rings is 1. The summed E-state index contributed by atoms with van der Waals surface area (Å²) in [7, 11) is -3.28. The molecular weight excluding hydrogens is 300 g/mol. The molecule has 6 heteroatoms. The van der Waals surface area contributed by atoms with Crippen LogP contribution in [-0.4, -0.2) is 25.9 Å². The smallest absolute Gasteiger partial charge is 0.188 e. The highest BCUT2D eigenvalue weighted by atomic mass is 79.9. The van der Waals surface area contributed by atoms with E-state index >= 15 is 0 Å². The first-order valence-electron chi connectivity index (χ1n) is 4.34. The van der Waals surface area contributed by atoms with Gasteiger partial charge in [-0.1, -0.05) is 13.8 Å². The molecule has 0 saturated carbocycles. The summed E-state index contributed by atoms with van der Waals surface area (Å²) in [6.07, 6.45) is 0. The summed E-state index contributed by atoms with van der Waals surface area (Å²) in [6.45, 7) is 3.32. The van der Waals surface area contributed by atoms with Gasteiger partial charge >= 0.3 is 0 Å². The van der Waals surface area contributed by atoms with Gasteiger partial charge in [-0.25, -0.2) is 8.42 Å². The van der Waals surface area contributed by atoms with E-state index in [1.165, 1.54) is 11.3 Å². The monoisotopic (exact) mass is 312 g/mol. The van der Waals surface area contributed by atoms with E-state index in [2.05, 4.69) is 15.9 Å². The Balaban J connectivity index is 2.95. The Hall–Kier alpha value is 0.0900. The zero-order chi connectivity index (χ0) is 11.7. The fourth-order valence-corrected chi connectivity index (χ4v) is 4.87. The van der Waals surface area contributed by atoms with Crippen LogP contribution in [0.3, 0.4) is 0 Å². The van der Waals surface area contributed by atoms with Gasteiger partial charge in [-0.2, -0.15) is 0 Å². The summed E-state index contributed by atoms with van der Waals surface area (Å²) in [6, 6.07) is 1.59. The number of aliphatic hydroxyl groups is 1. The first-order chi connectivity index (χ1) is 6.77. The molecule has 0 fully saturated rings. The number of hydrogen-bond acceptors (Lipinski definition) is 4. The van der Waals surface area contributed by atoms with Crippen LogP contribution in [0.5, 0.6) is 0 Å². The molecule has 0 amide bonds. The van der Waals surface area contributed by atoms with Gasteiger partial charge in [-0.15, -0.1) is 11.3 Å². The summed E-state index contributed by atoms with van der Waals surface area (Å²) < 4.78 is 24.9.